The molecule has 7 heteroatoms. The van der Waals surface area contributed by atoms with E-state index in [0.717, 1.165) is 11.1 Å². The van der Waals surface area contributed by atoms with Crippen molar-refractivity contribution in [2.45, 2.75) is 13.5 Å². The van der Waals surface area contributed by atoms with E-state index < -0.39 is 0 Å². The zero-order valence-electron chi connectivity index (χ0n) is 17.3. The largest absolute Gasteiger partial charge is 0.493 e. The topological polar surface area (TPSA) is 69.2 Å². The Morgan fingerprint density at radius 2 is 1.74 bits per heavy atom. The highest BCUT2D eigenvalue weighted by Gasteiger charge is 2.10. The molecule has 3 rings (SSSR count). The highest BCUT2D eigenvalue weighted by molar-refractivity contribution is 5.95. The molecule has 0 fully saturated rings. The van der Waals surface area contributed by atoms with Crippen molar-refractivity contribution < 1.29 is 23.4 Å². The van der Waals surface area contributed by atoms with Crippen LogP contribution in [0.4, 0.5) is 4.39 Å². The third-order valence-electron chi connectivity index (χ3n) is 4.30. The number of methoxy groups -OCH3 is 1. The molecule has 0 atom stereocenters. The first-order chi connectivity index (χ1) is 15.1. The molecule has 0 saturated carbocycles. The number of halogens is 1. The Balaban J connectivity index is 1.54. The first kappa shape index (κ1) is 21.8. The quantitative estimate of drug-likeness (QED) is 0.405. The van der Waals surface area contributed by atoms with Crippen LogP contribution in [0.25, 0.3) is 0 Å². The molecule has 0 unspecified atom stereocenters. The summed E-state index contributed by atoms with van der Waals surface area (Å²) in [7, 11) is 1.54. The summed E-state index contributed by atoms with van der Waals surface area (Å²) >= 11 is 0. The van der Waals surface area contributed by atoms with Crippen molar-refractivity contribution in [2.75, 3.05) is 13.7 Å². The summed E-state index contributed by atoms with van der Waals surface area (Å²) in [6.45, 7) is 2.66. The highest BCUT2D eigenvalue weighted by atomic mass is 19.1. The number of hydrazone groups is 1. The van der Waals surface area contributed by atoms with Crippen molar-refractivity contribution in [3.8, 4) is 17.2 Å². The Hall–Kier alpha value is -3.87. The predicted octanol–water partition coefficient (Wildman–Crippen LogP) is 4.58. The Kier molecular flexibility index (Phi) is 7.59. The molecular formula is C24H23FN2O4. The molecule has 31 heavy (non-hydrogen) atoms. The van der Waals surface area contributed by atoms with Gasteiger partial charge in [0, 0.05) is 5.56 Å². The molecule has 6 nitrogen and oxygen atoms in total. The Bertz CT molecular complexity index is 1030. The molecule has 3 aromatic carbocycles. The average molecular weight is 422 g/mol. The second kappa shape index (κ2) is 10.8. The number of hydrogen-bond donors (Lipinski definition) is 1. The number of nitrogens with zero attached hydrogens (tertiary/aromatic N) is 1. The number of carbonyl (C=O) groups is 1. The van der Waals surface area contributed by atoms with Crippen LogP contribution in [0.1, 0.15) is 28.4 Å². The number of carbonyl (C=O) groups excluding carboxylic acids is 1. The summed E-state index contributed by atoms with van der Waals surface area (Å²) in [5, 5.41) is 3.99. The molecule has 0 radical (unpaired) electrons. The number of hydrogen-bond acceptors (Lipinski definition) is 5. The maximum absolute atomic E-state index is 12.9. The average Bonchev–Trinajstić information content (AvgIpc) is 2.79. The molecule has 0 bridgehead atoms. The van der Waals surface area contributed by atoms with E-state index in [9.17, 15) is 9.18 Å². The van der Waals surface area contributed by atoms with Gasteiger partial charge in [0.25, 0.3) is 5.91 Å². The summed E-state index contributed by atoms with van der Waals surface area (Å²) in [6, 6.07) is 18.3. The SMILES string of the molecule is CCOc1cc(C(=O)NN=Cc2ccc(OCc3ccc(F)cc3)cc2)ccc1OC. The van der Waals surface area contributed by atoms with Crippen molar-refractivity contribution in [1.29, 1.82) is 0 Å². The molecular weight excluding hydrogens is 399 g/mol. The minimum Gasteiger partial charge on any atom is -0.493 e. The molecule has 1 N–H and O–H groups in total. The lowest BCUT2D eigenvalue weighted by molar-refractivity contribution is 0.0954. The van der Waals surface area contributed by atoms with E-state index in [2.05, 4.69) is 10.5 Å². The second-order valence-corrected chi connectivity index (χ2v) is 6.48. The van der Waals surface area contributed by atoms with Crippen LogP contribution < -0.4 is 19.6 Å². The standard InChI is InChI=1S/C24H23FN2O4/c1-3-30-23-14-19(8-13-22(23)29-2)24(28)27-26-15-17-6-11-21(12-7-17)31-16-18-4-9-20(25)10-5-18/h4-15H,3,16H2,1-2H3,(H,27,28). The number of nitrogens with one attached hydrogen (secondary N) is 1. The third kappa shape index (κ3) is 6.30. The van der Waals surface area contributed by atoms with E-state index in [-0.39, 0.29) is 11.7 Å². The van der Waals surface area contributed by atoms with Gasteiger partial charge in [-0.2, -0.15) is 5.10 Å². The normalized spacial score (nSPS) is 10.7. The van der Waals surface area contributed by atoms with Crippen LogP contribution in [0.5, 0.6) is 17.2 Å². The van der Waals surface area contributed by atoms with E-state index in [4.69, 9.17) is 14.2 Å². The first-order valence-corrected chi connectivity index (χ1v) is 9.70. The summed E-state index contributed by atoms with van der Waals surface area (Å²) in [4.78, 5) is 12.3. The second-order valence-electron chi connectivity index (χ2n) is 6.48. The lowest BCUT2D eigenvalue weighted by atomic mass is 10.2. The zero-order valence-corrected chi connectivity index (χ0v) is 17.3. The van der Waals surface area contributed by atoms with Crippen molar-refractivity contribution in [1.82, 2.24) is 5.43 Å². The van der Waals surface area contributed by atoms with Crippen LogP contribution in [0.3, 0.4) is 0 Å². The predicted molar refractivity (Wildman–Crippen MR) is 116 cm³/mol. The molecule has 0 heterocycles. The summed E-state index contributed by atoms with van der Waals surface area (Å²) in [5.41, 5.74) is 4.57. The van der Waals surface area contributed by atoms with E-state index >= 15 is 0 Å². The van der Waals surface area contributed by atoms with E-state index in [1.165, 1.54) is 18.3 Å². The van der Waals surface area contributed by atoms with Crippen molar-refractivity contribution in [2.24, 2.45) is 5.10 Å². The van der Waals surface area contributed by atoms with Gasteiger partial charge in [0.15, 0.2) is 11.5 Å². The van der Waals surface area contributed by atoms with E-state index in [1.807, 2.05) is 19.1 Å². The highest BCUT2D eigenvalue weighted by Crippen LogP contribution is 2.28. The van der Waals surface area contributed by atoms with Gasteiger partial charge in [-0.05, 0) is 72.6 Å². The lowest BCUT2D eigenvalue weighted by Crippen LogP contribution is -2.17. The van der Waals surface area contributed by atoms with Crippen molar-refractivity contribution in [3.63, 3.8) is 0 Å². The molecule has 0 saturated heterocycles. The molecule has 3 aromatic rings. The van der Waals surface area contributed by atoms with Gasteiger partial charge >= 0.3 is 0 Å². The number of amides is 1. The van der Waals surface area contributed by atoms with Gasteiger partial charge in [0.2, 0.25) is 0 Å². The number of rotatable bonds is 9. The maximum Gasteiger partial charge on any atom is 0.271 e. The first-order valence-electron chi connectivity index (χ1n) is 9.70. The fraction of sp³-hybridized carbons (Fsp3) is 0.167. The van der Waals surface area contributed by atoms with Crippen LogP contribution in [0.2, 0.25) is 0 Å². The van der Waals surface area contributed by atoms with Crippen LogP contribution in [-0.4, -0.2) is 25.8 Å². The van der Waals surface area contributed by atoms with Crippen molar-refractivity contribution in [3.05, 3.63) is 89.2 Å². The zero-order chi connectivity index (χ0) is 22.1. The smallest absolute Gasteiger partial charge is 0.271 e. The van der Waals surface area contributed by atoms with Crippen LogP contribution in [-0.2, 0) is 6.61 Å². The fourth-order valence-corrected chi connectivity index (χ4v) is 2.71. The van der Waals surface area contributed by atoms with Crippen LogP contribution in [0.15, 0.2) is 71.8 Å². The number of ether oxygens (including phenoxy) is 3. The molecule has 0 aromatic heterocycles. The van der Waals surface area contributed by atoms with Gasteiger partial charge in [-0.3, -0.25) is 4.79 Å². The summed E-state index contributed by atoms with van der Waals surface area (Å²) in [6.07, 6.45) is 1.54. The van der Waals surface area contributed by atoms with Gasteiger partial charge in [0.1, 0.15) is 18.2 Å². The van der Waals surface area contributed by atoms with Crippen molar-refractivity contribution >= 4 is 12.1 Å². The fourth-order valence-electron chi connectivity index (χ4n) is 2.71. The Morgan fingerprint density at radius 3 is 2.42 bits per heavy atom. The molecule has 160 valence electrons. The van der Waals surface area contributed by atoms with Gasteiger partial charge in [-0.1, -0.05) is 12.1 Å². The third-order valence-corrected chi connectivity index (χ3v) is 4.30. The molecule has 1 amide bonds. The van der Waals surface area contributed by atoms with E-state index in [0.29, 0.717) is 36.0 Å². The summed E-state index contributed by atoms with van der Waals surface area (Å²) < 4.78 is 29.3. The van der Waals surface area contributed by atoms with Crippen LogP contribution in [0, 0.1) is 5.82 Å². The molecule has 0 spiro atoms. The summed E-state index contributed by atoms with van der Waals surface area (Å²) in [5.74, 6) is 1.09. The van der Waals surface area contributed by atoms with E-state index in [1.54, 1.807) is 49.6 Å². The van der Waals surface area contributed by atoms with Crippen LogP contribution >= 0.6 is 0 Å². The molecule has 0 aliphatic carbocycles. The van der Waals surface area contributed by atoms with Gasteiger partial charge in [-0.25, -0.2) is 9.82 Å². The lowest BCUT2D eigenvalue weighted by Gasteiger charge is -2.10. The van der Waals surface area contributed by atoms with Gasteiger partial charge < -0.3 is 14.2 Å². The minimum atomic E-state index is -0.362. The monoisotopic (exact) mass is 422 g/mol. The minimum absolute atomic E-state index is 0.277. The van der Waals surface area contributed by atoms with Gasteiger partial charge in [0.05, 0.1) is 19.9 Å². The Morgan fingerprint density at radius 1 is 1.00 bits per heavy atom. The Labute approximate surface area is 180 Å². The maximum atomic E-state index is 12.9. The molecule has 0 aliphatic rings. The van der Waals surface area contributed by atoms with Gasteiger partial charge in [-0.15, -0.1) is 0 Å². The number of benzene rings is 3. The molecule has 0 aliphatic heterocycles.